The summed E-state index contributed by atoms with van der Waals surface area (Å²) in [6.45, 7) is 12.4. The molecule has 0 N–H and O–H groups in total. The van der Waals surface area contributed by atoms with Crippen molar-refractivity contribution in [3.63, 3.8) is 0 Å². The molecule has 0 aliphatic carbocycles. The van der Waals surface area contributed by atoms with E-state index in [1.165, 1.54) is 0 Å². The summed E-state index contributed by atoms with van der Waals surface area (Å²) in [5.74, 6) is 1.28. The van der Waals surface area contributed by atoms with E-state index in [2.05, 4.69) is 4.90 Å². The summed E-state index contributed by atoms with van der Waals surface area (Å²) >= 11 is 1.61. The number of nitrogens with zero attached hydrogens (tertiary/aromatic N) is 4. The summed E-state index contributed by atoms with van der Waals surface area (Å²) in [4.78, 5) is 36.3. The molecule has 0 atom stereocenters. The van der Waals surface area contributed by atoms with E-state index in [-0.39, 0.29) is 17.8 Å². The van der Waals surface area contributed by atoms with Crippen LogP contribution in [0.4, 0.5) is 4.79 Å². The van der Waals surface area contributed by atoms with Gasteiger partial charge in [0.05, 0.1) is 29.2 Å². The van der Waals surface area contributed by atoms with Crippen LogP contribution in [0, 0.1) is 0 Å². The highest BCUT2D eigenvalue weighted by Gasteiger charge is 2.27. The zero-order chi connectivity index (χ0) is 26.7. The first-order valence-corrected chi connectivity index (χ1v) is 13.8. The number of piperazine rings is 1. The molecule has 1 aliphatic rings. The van der Waals surface area contributed by atoms with Crippen molar-refractivity contribution in [2.24, 2.45) is 0 Å². The van der Waals surface area contributed by atoms with E-state index >= 15 is 0 Å². The van der Waals surface area contributed by atoms with Gasteiger partial charge in [-0.25, -0.2) is 9.78 Å². The fourth-order valence-corrected chi connectivity index (χ4v) is 4.73. The number of hydrogen-bond acceptors (Lipinski definition) is 7. The molecule has 8 nitrogen and oxygen atoms in total. The normalized spacial score (nSPS) is 14.8. The van der Waals surface area contributed by atoms with Crippen molar-refractivity contribution in [2.75, 3.05) is 32.4 Å². The van der Waals surface area contributed by atoms with Crippen molar-refractivity contribution >= 4 is 28.8 Å². The summed E-state index contributed by atoms with van der Waals surface area (Å²) in [6, 6.07) is 13.3. The average molecular weight is 525 g/mol. The molecule has 0 bridgehead atoms. The van der Waals surface area contributed by atoms with Crippen LogP contribution in [0.5, 0.6) is 5.75 Å². The maximum atomic E-state index is 13.9. The standard InChI is InChI=1S/C28H36N4O4S/c1-19(2)35-24-12-11-20(37-6)17-23(24)32-25(29-22-10-8-7-9-21(22)26(32)33)18-30-13-15-31(16-14-30)27(34)36-28(3,4)5/h7-12,17,19H,13-16,18H2,1-6H3. The van der Waals surface area contributed by atoms with E-state index in [0.717, 1.165) is 4.90 Å². The Morgan fingerprint density at radius 2 is 1.78 bits per heavy atom. The molecule has 9 heteroatoms. The zero-order valence-electron chi connectivity index (χ0n) is 22.5. The number of aromatic nitrogens is 2. The maximum absolute atomic E-state index is 13.9. The SMILES string of the molecule is CSc1ccc(OC(C)C)c(-n2c(CN3CCN(C(=O)OC(C)(C)C)CC3)nc3ccccc3c2=O)c1. The lowest BCUT2D eigenvalue weighted by molar-refractivity contribution is 0.0136. The number of hydrogen-bond donors (Lipinski definition) is 0. The van der Waals surface area contributed by atoms with Crippen molar-refractivity contribution in [1.29, 1.82) is 0 Å². The molecule has 0 saturated carbocycles. The molecular weight excluding hydrogens is 488 g/mol. The molecule has 0 radical (unpaired) electrons. The van der Waals surface area contributed by atoms with Gasteiger partial charge in [0, 0.05) is 31.1 Å². The van der Waals surface area contributed by atoms with Crippen molar-refractivity contribution in [3.8, 4) is 11.4 Å². The van der Waals surface area contributed by atoms with E-state index in [1.807, 2.05) is 83.3 Å². The molecule has 2 heterocycles. The van der Waals surface area contributed by atoms with E-state index in [0.29, 0.717) is 60.9 Å². The minimum Gasteiger partial charge on any atom is -0.489 e. The molecule has 0 spiro atoms. The summed E-state index contributed by atoms with van der Waals surface area (Å²) in [5, 5.41) is 0.561. The van der Waals surface area contributed by atoms with Crippen molar-refractivity contribution in [3.05, 3.63) is 58.6 Å². The predicted molar refractivity (Wildman–Crippen MR) is 148 cm³/mol. The summed E-state index contributed by atoms with van der Waals surface area (Å²) < 4.78 is 13.4. The quantitative estimate of drug-likeness (QED) is 0.423. The second-order valence-electron chi connectivity index (χ2n) is 10.4. The molecule has 2 aromatic carbocycles. The number of fused-ring (bicyclic) bond motifs is 1. The topological polar surface area (TPSA) is 76.9 Å². The smallest absolute Gasteiger partial charge is 0.410 e. The molecular formula is C28H36N4O4S. The molecule has 1 saturated heterocycles. The minimum atomic E-state index is -0.527. The highest BCUT2D eigenvalue weighted by molar-refractivity contribution is 7.98. The lowest BCUT2D eigenvalue weighted by Gasteiger charge is -2.35. The second-order valence-corrected chi connectivity index (χ2v) is 11.3. The number of para-hydroxylation sites is 1. The number of carbonyl (C=O) groups excluding carboxylic acids is 1. The Bertz CT molecular complexity index is 1320. The van der Waals surface area contributed by atoms with Gasteiger partial charge in [-0.3, -0.25) is 14.3 Å². The fraction of sp³-hybridized carbons (Fsp3) is 0.464. The van der Waals surface area contributed by atoms with Gasteiger partial charge < -0.3 is 14.4 Å². The number of carbonyl (C=O) groups is 1. The van der Waals surface area contributed by atoms with E-state index in [9.17, 15) is 9.59 Å². The molecule has 1 aromatic heterocycles. The molecule has 4 rings (SSSR count). The zero-order valence-corrected chi connectivity index (χ0v) is 23.3. The number of thioether (sulfide) groups is 1. The van der Waals surface area contributed by atoms with Crippen LogP contribution in [-0.2, 0) is 11.3 Å². The van der Waals surface area contributed by atoms with Crippen LogP contribution in [0.25, 0.3) is 16.6 Å². The van der Waals surface area contributed by atoms with Gasteiger partial charge in [-0.2, -0.15) is 0 Å². The number of amides is 1. The molecule has 1 aliphatic heterocycles. The Morgan fingerprint density at radius 1 is 1.08 bits per heavy atom. The van der Waals surface area contributed by atoms with Gasteiger partial charge >= 0.3 is 6.09 Å². The fourth-order valence-electron chi connectivity index (χ4n) is 4.30. The van der Waals surface area contributed by atoms with Crippen LogP contribution in [-0.4, -0.2) is 69.6 Å². The second kappa shape index (κ2) is 11.1. The van der Waals surface area contributed by atoms with Gasteiger partial charge in [0.25, 0.3) is 5.56 Å². The van der Waals surface area contributed by atoms with Gasteiger partial charge in [0.1, 0.15) is 17.2 Å². The van der Waals surface area contributed by atoms with Gasteiger partial charge in [0.2, 0.25) is 0 Å². The van der Waals surface area contributed by atoms with Crippen LogP contribution < -0.4 is 10.3 Å². The van der Waals surface area contributed by atoms with E-state index in [4.69, 9.17) is 14.5 Å². The van der Waals surface area contributed by atoms with Gasteiger partial charge in [-0.15, -0.1) is 11.8 Å². The monoisotopic (exact) mass is 524 g/mol. The van der Waals surface area contributed by atoms with E-state index in [1.54, 1.807) is 21.2 Å². The first-order chi connectivity index (χ1) is 17.6. The Hall–Kier alpha value is -3.04. The molecule has 3 aromatic rings. The lowest BCUT2D eigenvalue weighted by Crippen LogP contribution is -2.50. The number of ether oxygens (including phenoxy) is 2. The highest BCUT2D eigenvalue weighted by Crippen LogP contribution is 2.30. The Morgan fingerprint density at radius 3 is 2.43 bits per heavy atom. The Balaban J connectivity index is 1.70. The number of benzene rings is 2. The first kappa shape index (κ1) is 27.0. The van der Waals surface area contributed by atoms with Crippen LogP contribution in [0.1, 0.15) is 40.4 Å². The number of rotatable bonds is 6. The molecule has 37 heavy (non-hydrogen) atoms. The molecule has 1 amide bonds. The van der Waals surface area contributed by atoms with Gasteiger partial charge in [-0.1, -0.05) is 12.1 Å². The van der Waals surface area contributed by atoms with Crippen molar-refractivity contribution in [1.82, 2.24) is 19.4 Å². The lowest BCUT2D eigenvalue weighted by atomic mass is 10.2. The Kier molecular flexibility index (Phi) is 8.14. The largest absolute Gasteiger partial charge is 0.489 e. The Labute approximate surface area is 222 Å². The van der Waals surface area contributed by atoms with Crippen molar-refractivity contribution < 1.29 is 14.3 Å². The average Bonchev–Trinajstić information content (AvgIpc) is 2.84. The van der Waals surface area contributed by atoms with E-state index < -0.39 is 5.60 Å². The van der Waals surface area contributed by atoms with Crippen LogP contribution in [0.3, 0.4) is 0 Å². The predicted octanol–water partition coefficient (Wildman–Crippen LogP) is 4.95. The summed E-state index contributed by atoms with van der Waals surface area (Å²) in [6.07, 6.45) is 1.67. The maximum Gasteiger partial charge on any atom is 0.410 e. The third kappa shape index (κ3) is 6.45. The van der Waals surface area contributed by atoms with Gasteiger partial charge in [0.15, 0.2) is 0 Å². The molecule has 198 valence electrons. The van der Waals surface area contributed by atoms with Crippen LogP contribution >= 0.6 is 11.8 Å². The first-order valence-electron chi connectivity index (χ1n) is 12.6. The minimum absolute atomic E-state index is 0.0487. The van der Waals surface area contributed by atoms with Crippen molar-refractivity contribution in [2.45, 2.75) is 57.8 Å². The third-order valence-electron chi connectivity index (χ3n) is 6.00. The summed E-state index contributed by atoms with van der Waals surface area (Å²) in [5.41, 5.74) is 0.699. The third-order valence-corrected chi connectivity index (χ3v) is 6.73. The van der Waals surface area contributed by atoms with Gasteiger partial charge in [-0.05, 0) is 71.2 Å². The van der Waals surface area contributed by atoms with Crippen LogP contribution in [0.15, 0.2) is 52.2 Å². The summed E-state index contributed by atoms with van der Waals surface area (Å²) in [7, 11) is 0. The molecule has 1 fully saturated rings. The molecule has 0 unspecified atom stereocenters. The highest BCUT2D eigenvalue weighted by atomic mass is 32.2. The van der Waals surface area contributed by atoms with Crippen LogP contribution in [0.2, 0.25) is 0 Å².